The zero-order chi connectivity index (χ0) is 19.6. The van der Waals surface area contributed by atoms with Crippen molar-refractivity contribution in [2.75, 3.05) is 7.05 Å². The number of amides is 1. The maximum atomic E-state index is 12.3. The number of nitrogens with one attached hydrogen (secondary N) is 1. The van der Waals surface area contributed by atoms with Gasteiger partial charge in [0.2, 0.25) is 5.91 Å². The summed E-state index contributed by atoms with van der Waals surface area (Å²) in [6, 6.07) is 5.28. The van der Waals surface area contributed by atoms with E-state index in [0.29, 0.717) is 27.4 Å². The van der Waals surface area contributed by atoms with Crippen LogP contribution in [0.5, 0.6) is 5.75 Å². The van der Waals surface area contributed by atoms with Crippen LogP contribution in [0.3, 0.4) is 0 Å². The summed E-state index contributed by atoms with van der Waals surface area (Å²) in [6.45, 7) is 0. The van der Waals surface area contributed by atoms with Crippen molar-refractivity contribution in [1.82, 2.24) is 20.3 Å². The molecule has 142 valence electrons. The predicted octanol–water partition coefficient (Wildman–Crippen LogP) is 3.55. The number of thiazole rings is 1. The average Bonchev–Trinajstić information content (AvgIpc) is 3.08. The molecule has 1 atom stereocenters. The molecule has 0 bridgehead atoms. The number of hydrogen-bond acceptors (Lipinski definition) is 6. The molecule has 3 aromatic rings. The summed E-state index contributed by atoms with van der Waals surface area (Å²) in [7, 11) is 1.47. The van der Waals surface area contributed by atoms with E-state index in [4.69, 9.17) is 11.6 Å². The largest absolute Gasteiger partial charge is 0.573 e. The van der Waals surface area contributed by atoms with Gasteiger partial charge in [-0.05, 0) is 24.3 Å². The molecular formula is C16H12ClF3N4O2S. The van der Waals surface area contributed by atoms with Gasteiger partial charge in [0.25, 0.3) is 0 Å². The van der Waals surface area contributed by atoms with Crippen LogP contribution in [0.4, 0.5) is 13.2 Å². The van der Waals surface area contributed by atoms with Crippen LogP contribution in [0.1, 0.15) is 5.82 Å². The second-order valence-corrected chi connectivity index (χ2v) is 6.71. The van der Waals surface area contributed by atoms with Gasteiger partial charge in [0.1, 0.15) is 33.0 Å². The lowest BCUT2D eigenvalue weighted by Gasteiger charge is -2.10. The van der Waals surface area contributed by atoms with Gasteiger partial charge in [-0.2, -0.15) is 0 Å². The topological polar surface area (TPSA) is 77.0 Å². The Hall–Kier alpha value is -2.46. The van der Waals surface area contributed by atoms with E-state index < -0.39 is 11.7 Å². The highest BCUT2D eigenvalue weighted by Gasteiger charge is 2.31. The SMILES string of the molecule is CNC(=O)C(Cl)Cc1nc(-c2ccc(OC(F)(F)F)cc2)c2ncsc2n1. The number of alkyl halides is 4. The standard InChI is InChI=1S/C16H12ClF3N4O2S/c1-21-14(25)10(17)6-11-23-12(13-15(24-11)27-7-22-13)8-2-4-9(5-3-8)26-16(18,19)20/h2-5,7,10H,6H2,1H3,(H,21,25). The predicted molar refractivity (Wildman–Crippen MR) is 94.7 cm³/mol. The van der Waals surface area contributed by atoms with E-state index >= 15 is 0 Å². The monoisotopic (exact) mass is 416 g/mol. The molecule has 0 saturated heterocycles. The van der Waals surface area contributed by atoms with Crippen molar-refractivity contribution in [3.8, 4) is 17.0 Å². The van der Waals surface area contributed by atoms with Crippen LogP contribution in [0.2, 0.25) is 0 Å². The van der Waals surface area contributed by atoms with Crippen LogP contribution < -0.4 is 10.1 Å². The van der Waals surface area contributed by atoms with E-state index in [0.717, 1.165) is 0 Å². The highest BCUT2D eigenvalue weighted by atomic mass is 35.5. The highest BCUT2D eigenvalue weighted by molar-refractivity contribution is 7.16. The first-order valence-electron chi connectivity index (χ1n) is 7.59. The number of nitrogens with zero attached hydrogens (tertiary/aromatic N) is 3. The smallest absolute Gasteiger partial charge is 0.406 e. The van der Waals surface area contributed by atoms with Crippen LogP contribution in [-0.2, 0) is 11.2 Å². The number of aromatic nitrogens is 3. The van der Waals surface area contributed by atoms with Gasteiger partial charge in [0, 0.05) is 19.0 Å². The van der Waals surface area contributed by atoms with E-state index in [-0.39, 0.29) is 18.1 Å². The molecule has 1 N–H and O–H groups in total. The Balaban J connectivity index is 1.95. The molecule has 1 unspecified atom stereocenters. The molecule has 1 aromatic carbocycles. The van der Waals surface area contributed by atoms with E-state index in [1.54, 1.807) is 5.51 Å². The third-order valence-corrected chi connectivity index (χ3v) is 4.57. The maximum Gasteiger partial charge on any atom is 0.573 e. The van der Waals surface area contributed by atoms with E-state index in [1.165, 1.54) is 42.6 Å². The van der Waals surface area contributed by atoms with Gasteiger partial charge in [0.05, 0.1) is 5.51 Å². The Morgan fingerprint density at radius 3 is 2.63 bits per heavy atom. The zero-order valence-electron chi connectivity index (χ0n) is 13.7. The number of rotatable bonds is 5. The third kappa shape index (κ3) is 4.64. The van der Waals surface area contributed by atoms with E-state index in [2.05, 4.69) is 25.0 Å². The van der Waals surface area contributed by atoms with Crippen LogP contribution >= 0.6 is 22.9 Å². The van der Waals surface area contributed by atoms with Crippen LogP contribution in [0, 0.1) is 0 Å². The molecular weight excluding hydrogens is 405 g/mol. The molecule has 0 aliphatic carbocycles. The first-order chi connectivity index (χ1) is 12.8. The molecule has 0 radical (unpaired) electrons. The van der Waals surface area contributed by atoms with E-state index in [1.807, 2.05) is 0 Å². The van der Waals surface area contributed by atoms with Crippen LogP contribution in [0.15, 0.2) is 29.8 Å². The molecule has 11 heteroatoms. The van der Waals surface area contributed by atoms with Crippen molar-refractivity contribution in [2.45, 2.75) is 18.2 Å². The summed E-state index contributed by atoms with van der Waals surface area (Å²) >= 11 is 7.33. The molecule has 27 heavy (non-hydrogen) atoms. The summed E-state index contributed by atoms with van der Waals surface area (Å²) in [6.07, 6.45) is -4.67. The molecule has 0 saturated carbocycles. The Morgan fingerprint density at radius 2 is 2.00 bits per heavy atom. The Bertz CT molecular complexity index is 962. The van der Waals surface area contributed by atoms with Gasteiger partial charge >= 0.3 is 6.36 Å². The fourth-order valence-electron chi connectivity index (χ4n) is 2.32. The molecule has 0 aliphatic rings. The average molecular weight is 417 g/mol. The number of carbonyl (C=O) groups excluding carboxylic acids is 1. The van der Waals surface area contributed by atoms with Crippen LogP contribution in [0.25, 0.3) is 21.6 Å². The molecule has 0 spiro atoms. The summed E-state index contributed by atoms with van der Waals surface area (Å²) in [5, 5.41) is 1.60. The van der Waals surface area contributed by atoms with Crippen molar-refractivity contribution in [1.29, 1.82) is 0 Å². The fourth-order valence-corrected chi connectivity index (χ4v) is 3.25. The van der Waals surface area contributed by atoms with Gasteiger partial charge in [-0.1, -0.05) is 0 Å². The number of hydrogen-bond donors (Lipinski definition) is 1. The molecule has 3 rings (SSSR count). The lowest BCUT2D eigenvalue weighted by molar-refractivity contribution is -0.274. The van der Waals surface area contributed by atoms with Crippen molar-refractivity contribution in [2.24, 2.45) is 0 Å². The lowest BCUT2D eigenvalue weighted by atomic mass is 10.1. The van der Waals surface area contributed by atoms with Gasteiger partial charge in [-0.15, -0.1) is 36.1 Å². The van der Waals surface area contributed by atoms with Gasteiger partial charge in [0.15, 0.2) is 0 Å². The van der Waals surface area contributed by atoms with Crippen molar-refractivity contribution < 1.29 is 22.7 Å². The van der Waals surface area contributed by atoms with Gasteiger partial charge in [-0.3, -0.25) is 4.79 Å². The molecule has 2 heterocycles. The zero-order valence-corrected chi connectivity index (χ0v) is 15.3. The highest BCUT2D eigenvalue weighted by Crippen LogP contribution is 2.30. The van der Waals surface area contributed by atoms with Crippen LogP contribution in [-0.4, -0.2) is 39.6 Å². The summed E-state index contributed by atoms with van der Waals surface area (Å²) in [4.78, 5) is 25.2. The molecule has 0 aliphatic heterocycles. The minimum Gasteiger partial charge on any atom is -0.406 e. The van der Waals surface area contributed by atoms with E-state index in [9.17, 15) is 18.0 Å². The maximum absolute atomic E-state index is 12.3. The third-order valence-electron chi connectivity index (χ3n) is 3.50. The first-order valence-corrected chi connectivity index (χ1v) is 8.90. The molecule has 1 amide bonds. The second-order valence-electron chi connectivity index (χ2n) is 5.35. The van der Waals surface area contributed by atoms with Gasteiger partial charge < -0.3 is 10.1 Å². The number of ether oxygens (including phenoxy) is 1. The fraction of sp³-hybridized carbons (Fsp3) is 0.250. The Labute approximate surface area is 160 Å². The summed E-state index contributed by atoms with van der Waals surface area (Å²) in [5.41, 5.74) is 3.08. The normalized spacial score (nSPS) is 12.8. The molecule has 0 fully saturated rings. The van der Waals surface area contributed by atoms with Crippen molar-refractivity contribution in [3.05, 3.63) is 35.6 Å². The van der Waals surface area contributed by atoms with Crippen molar-refractivity contribution in [3.63, 3.8) is 0 Å². The Morgan fingerprint density at radius 1 is 1.30 bits per heavy atom. The molecule has 6 nitrogen and oxygen atoms in total. The minimum absolute atomic E-state index is 0.0946. The quantitative estimate of drug-likeness (QED) is 0.644. The number of benzene rings is 1. The van der Waals surface area contributed by atoms with Crippen molar-refractivity contribution >= 4 is 39.2 Å². The number of carbonyl (C=O) groups is 1. The first kappa shape index (κ1) is 19.3. The minimum atomic E-state index is -4.76. The van der Waals surface area contributed by atoms with Gasteiger partial charge in [-0.25, -0.2) is 15.0 Å². The summed E-state index contributed by atoms with van der Waals surface area (Å²) in [5.74, 6) is -0.365. The molecule has 2 aromatic heterocycles. The summed E-state index contributed by atoms with van der Waals surface area (Å²) < 4.78 is 40.8. The second kappa shape index (κ2) is 7.65. The Kier molecular flexibility index (Phi) is 5.47. The lowest BCUT2D eigenvalue weighted by Crippen LogP contribution is -2.29. The number of halogens is 4. The number of fused-ring (bicyclic) bond motifs is 1.